The first kappa shape index (κ1) is 12.9. The van der Waals surface area contributed by atoms with Crippen LogP contribution in [-0.2, 0) is 14.6 Å². The highest BCUT2D eigenvalue weighted by Crippen LogP contribution is 2.42. The topological polar surface area (TPSA) is 55.4 Å². The molecule has 18 heavy (non-hydrogen) atoms. The van der Waals surface area contributed by atoms with E-state index < -0.39 is 9.84 Å². The lowest BCUT2D eigenvalue weighted by Gasteiger charge is -2.46. The van der Waals surface area contributed by atoms with Crippen molar-refractivity contribution in [2.75, 3.05) is 24.7 Å². The fourth-order valence-corrected chi connectivity index (χ4v) is 5.54. The number of hydrogen-bond acceptors (Lipinski definition) is 4. The van der Waals surface area contributed by atoms with Crippen molar-refractivity contribution < 1.29 is 13.2 Å². The van der Waals surface area contributed by atoms with E-state index in [2.05, 4.69) is 5.32 Å². The van der Waals surface area contributed by atoms with Crippen molar-refractivity contribution in [2.45, 2.75) is 50.2 Å². The molecule has 0 aromatic rings. The molecule has 0 bridgehead atoms. The second-order valence-electron chi connectivity index (χ2n) is 6.04. The molecule has 0 aromatic carbocycles. The zero-order valence-corrected chi connectivity index (χ0v) is 11.7. The Bertz CT molecular complexity index is 386. The van der Waals surface area contributed by atoms with Crippen LogP contribution in [0.15, 0.2) is 0 Å². The first-order chi connectivity index (χ1) is 8.61. The molecule has 1 spiro atoms. The quantitative estimate of drug-likeness (QED) is 0.777. The van der Waals surface area contributed by atoms with Crippen LogP contribution in [0.25, 0.3) is 0 Å². The maximum atomic E-state index is 11.5. The second kappa shape index (κ2) is 4.76. The highest BCUT2D eigenvalue weighted by atomic mass is 32.2. The molecule has 1 N–H and O–H groups in total. The predicted octanol–water partition coefficient (Wildman–Crippen LogP) is 1.11. The Morgan fingerprint density at radius 1 is 1.11 bits per heavy atom. The Balaban J connectivity index is 1.73. The summed E-state index contributed by atoms with van der Waals surface area (Å²) in [7, 11) is -2.76. The van der Waals surface area contributed by atoms with Gasteiger partial charge in [-0.25, -0.2) is 8.42 Å². The van der Waals surface area contributed by atoms with Gasteiger partial charge < -0.3 is 10.1 Å². The van der Waals surface area contributed by atoms with Gasteiger partial charge in [0.15, 0.2) is 0 Å². The van der Waals surface area contributed by atoms with Crippen molar-refractivity contribution in [1.29, 1.82) is 0 Å². The summed E-state index contributed by atoms with van der Waals surface area (Å²) in [5.74, 6) is 1.21. The van der Waals surface area contributed by atoms with Crippen LogP contribution in [0.2, 0.25) is 0 Å². The third-order valence-corrected chi connectivity index (χ3v) is 6.66. The summed E-state index contributed by atoms with van der Waals surface area (Å²) in [5, 5.41) is 3.63. The van der Waals surface area contributed by atoms with Gasteiger partial charge in [-0.05, 0) is 31.6 Å². The molecular weight excluding hydrogens is 250 g/mol. The minimum Gasteiger partial charge on any atom is -0.372 e. The number of hydrogen-bond donors (Lipinski definition) is 1. The van der Waals surface area contributed by atoms with Crippen molar-refractivity contribution in [1.82, 2.24) is 5.32 Å². The zero-order chi connectivity index (χ0) is 12.6. The van der Waals surface area contributed by atoms with Crippen LogP contribution in [-0.4, -0.2) is 44.7 Å². The molecule has 5 heteroatoms. The summed E-state index contributed by atoms with van der Waals surface area (Å²) in [6.07, 6.45) is 6.42. The molecule has 2 aliphatic heterocycles. The highest BCUT2D eigenvalue weighted by Gasteiger charge is 2.48. The van der Waals surface area contributed by atoms with Crippen LogP contribution < -0.4 is 5.32 Å². The van der Waals surface area contributed by atoms with Crippen LogP contribution >= 0.6 is 0 Å². The lowest BCUT2D eigenvalue weighted by Crippen LogP contribution is -2.60. The Morgan fingerprint density at radius 3 is 2.44 bits per heavy atom. The van der Waals surface area contributed by atoms with E-state index in [9.17, 15) is 8.42 Å². The third-order valence-electron chi connectivity index (χ3n) is 4.94. The molecule has 0 radical (unpaired) electrons. The van der Waals surface area contributed by atoms with Crippen molar-refractivity contribution in [2.24, 2.45) is 5.92 Å². The van der Waals surface area contributed by atoms with Gasteiger partial charge in [0, 0.05) is 12.6 Å². The number of ether oxygens (including phenoxy) is 1. The molecule has 3 aliphatic rings. The smallest absolute Gasteiger partial charge is 0.150 e. The maximum absolute atomic E-state index is 11.5. The number of nitrogens with one attached hydrogen (secondary N) is 1. The minimum absolute atomic E-state index is 0.0179. The highest BCUT2D eigenvalue weighted by molar-refractivity contribution is 7.91. The molecule has 1 saturated carbocycles. The number of rotatable bonds is 1. The second-order valence-corrected chi connectivity index (χ2v) is 8.35. The van der Waals surface area contributed by atoms with E-state index in [1.54, 1.807) is 0 Å². The Labute approximate surface area is 109 Å². The van der Waals surface area contributed by atoms with E-state index in [-0.39, 0.29) is 5.60 Å². The van der Waals surface area contributed by atoms with Gasteiger partial charge >= 0.3 is 0 Å². The molecule has 2 heterocycles. The summed E-state index contributed by atoms with van der Waals surface area (Å²) in [6, 6.07) is 0.379. The van der Waals surface area contributed by atoms with Gasteiger partial charge in [0.2, 0.25) is 0 Å². The largest absolute Gasteiger partial charge is 0.372 e. The first-order valence-corrected chi connectivity index (χ1v) is 9.01. The van der Waals surface area contributed by atoms with E-state index in [0.717, 1.165) is 38.8 Å². The molecule has 0 amide bonds. The molecule has 1 atom stereocenters. The molecule has 3 rings (SSSR count). The monoisotopic (exact) mass is 273 g/mol. The molecule has 2 saturated heterocycles. The lowest BCUT2D eigenvalue weighted by molar-refractivity contribution is -0.107. The number of sulfone groups is 1. The van der Waals surface area contributed by atoms with E-state index >= 15 is 0 Å². The van der Waals surface area contributed by atoms with Crippen LogP contribution in [0, 0.1) is 5.92 Å². The van der Waals surface area contributed by atoms with E-state index in [4.69, 9.17) is 4.74 Å². The fraction of sp³-hybridized carbons (Fsp3) is 1.00. The van der Waals surface area contributed by atoms with E-state index in [1.807, 2.05) is 0 Å². The molecule has 104 valence electrons. The maximum Gasteiger partial charge on any atom is 0.150 e. The summed E-state index contributed by atoms with van der Waals surface area (Å²) in [6.45, 7) is 1.72. The number of morpholine rings is 1. The standard InChI is InChI=1S/C13H23NO3S/c15-18(16)9-3-11(4-10-18)12-13(5-1-2-6-13)17-8-7-14-12/h11-12,14H,1-10H2. The summed E-state index contributed by atoms with van der Waals surface area (Å²) in [5.41, 5.74) is 0.0179. The Morgan fingerprint density at radius 2 is 1.78 bits per heavy atom. The molecular formula is C13H23NO3S. The van der Waals surface area contributed by atoms with Crippen LogP contribution in [0.5, 0.6) is 0 Å². The van der Waals surface area contributed by atoms with Crippen molar-refractivity contribution in [3.05, 3.63) is 0 Å². The Kier molecular flexibility index (Phi) is 3.41. The summed E-state index contributed by atoms with van der Waals surface area (Å²) >= 11 is 0. The minimum atomic E-state index is -2.76. The van der Waals surface area contributed by atoms with Gasteiger partial charge in [0.25, 0.3) is 0 Å². The lowest BCUT2D eigenvalue weighted by atomic mass is 9.79. The van der Waals surface area contributed by atoms with Gasteiger partial charge in [-0.15, -0.1) is 0 Å². The summed E-state index contributed by atoms with van der Waals surface area (Å²) < 4.78 is 29.2. The third kappa shape index (κ3) is 2.32. The molecule has 0 aromatic heterocycles. The van der Waals surface area contributed by atoms with Gasteiger partial charge in [-0.1, -0.05) is 12.8 Å². The Hall–Kier alpha value is -0.130. The van der Waals surface area contributed by atoms with Gasteiger partial charge in [0.1, 0.15) is 9.84 Å². The molecule has 1 aliphatic carbocycles. The molecule has 3 fully saturated rings. The predicted molar refractivity (Wildman–Crippen MR) is 70.3 cm³/mol. The normalized spacial score (nSPS) is 35.9. The molecule has 4 nitrogen and oxygen atoms in total. The SMILES string of the molecule is O=S1(=O)CCC(C2NCCOC23CCCC3)CC1. The molecule has 1 unspecified atom stereocenters. The summed E-state index contributed by atoms with van der Waals surface area (Å²) in [4.78, 5) is 0. The average molecular weight is 273 g/mol. The fourth-order valence-electron chi connectivity index (χ4n) is 4.01. The van der Waals surface area contributed by atoms with Gasteiger partial charge in [0.05, 0.1) is 23.7 Å². The van der Waals surface area contributed by atoms with Crippen LogP contribution in [0.1, 0.15) is 38.5 Å². The average Bonchev–Trinajstić information content (AvgIpc) is 2.80. The first-order valence-electron chi connectivity index (χ1n) is 7.19. The van der Waals surface area contributed by atoms with E-state index in [1.165, 1.54) is 12.8 Å². The van der Waals surface area contributed by atoms with E-state index in [0.29, 0.717) is 23.5 Å². The van der Waals surface area contributed by atoms with Crippen molar-refractivity contribution >= 4 is 9.84 Å². The van der Waals surface area contributed by atoms with Gasteiger partial charge in [-0.3, -0.25) is 0 Å². The van der Waals surface area contributed by atoms with Crippen molar-refractivity contribution in [3.63, 3.8) is 0 Å². The van der Waals surface area contributed by atoms with Crippen LogP contribution in [0.3, 0.4) is 0 Å². The zero-order valence-electron chi connectivity index (χ0n) is 10.9. The van der Waals surface area contributed by atoms with Crippen LogP contribution in [0.4, 0.5) is 0 Å². The van der Waals surface area contributed by atoms with Crippen molar-refractivity contribution in [3.8, 4) is 0 Å². The van der Waals surface area contributed by atoms with Gasteiger partial charge in [-0.2, -0.15) is 0 Å².